The second-order valence-electron chi connectivity index (χ2n) is 7.91. The maximum absolute atomic E-state index is 13.2. The summed E-state index contributed by atoms with van der Waals surface area (Å²) < 4.78 is 46.5. The number of hydrogen-bond donors (Lipinski definition) is 1. The van der Waals surface area contributed by atoms with E-state index in [0.29, 0.717) is 34.2 Å². The van der Waals surface area contributed by atoms with Crippen LogP contribution in [0.3, 0.4) is 0 Å². The molecule has 12 heteroatoms. The van der Waals surface area contributed by atoms with Crippen molar-refractivity contribution in [3.05, 3.63) is 88.3 Å². The van der Waals surface area contributed by atoms with Crippen molar-refractivity contribution >= 4 is 45.6 Å². The number of hydrogen-bond acceptors (Lipinski definition) is 6. The summed E-state index contributed by atoms with van der Waals surface area (Å²) in [4.78, 5) is 13.1. The van der Waals surface area contributed by atoms with Gasteiger partial charge >= 0.3 is 6.18 Å². The Bertz CT molecular complexity index is 1570. The number of fused-ring (bicyclic) bond motifs is 1. The van der Waals surface area contributed by atoms with Crippen LogP contribution in [0.15, 0.2) is 67.1 Å². The van der Waals surface area contributed by atoms with Gasteiger partial charge in [-0.05, 0) is 30.3 Å². The highest BCUT2D eigenvalue weighted by Gasteiger charge is 2.32. The summed E-state index contributed by atoms with van der Waals surface area (Å²) in [7, 11) is 1.51. The highest BCUT2D eigenvalue weighted by Crippen LogP contribution is 2.37. The summed E-state index contributed by atoms with van der Waals surface area (Å²) >= 11 is 12.4. The van der Waals surface area contributed by atoms with E-state index in [2.05, 4.69) is 25.4 Å². The number of halogens is 5. The summed E-state index contributed by atoms with van der Waals surface area (Å²) in [5.74, 6) is 1.16. The van der Waals surface area contributed by atoms with E-state index in [1.54, 1.807) is 29.2 Å². The second-order valence-corrected chi connectivity index (χ2v) is 8.73. The standard InChI is InChI=1S/C25H17Cl2F3N6O/c1-37-21-12-32-24(34-23(21)33-15-6-8-31-9-7-15)22-16-4-2-3-5-20(16)36(35-22)13-17-18(26)10-14(11-19(17)27)25(28,29)30/h2-12H,13H2,1H3,(H,31,32,33,34). The number of alkyl halides is 3. The van der Waals surface area contributed by atoms with Crippen molar-refractivity contribution in [3.8, 4) is 17.3 Å². The van der Waals surface area contributed by atoms with Crippen LogP contribution in [0.25, 0.3) is 22.4 Å². The first-order chi connectivity index (χ1) is 17.7. The summed E-state index contributed by atoms with van der Waals surface area (Å²) in [6.45, 7) is 0.0363. The van der Waals surface area contributed by atoms with E-state index in [0.717, 1.165) is 23.2 Å². The van der Waals surface area contributed by atoms with Crippen LogP contribution >= 0.6 is 23.2 Å². The predicted molar refractivity (Wildman–Crippen MR) is 135 cm³/mol. The van der Waals surface area contributed by atoms with Gasteiger partial charge in [0.05, 0.1) is 30.9 Å². The van der Waals surface area contributed by atoms with Crippen LogP contribution in [-0.2, 0) is 12.7 Å². The molecule has 0 aliphatic rings. The topological polar surface area (TPSA) is 77.8 Å². The fraction of sp³-hybridized carbons (Fsp3) is 0.120. The summed E-state index contributed by atoms with van der Waals surface area (Å²) in [6, 6.07) is 12.6. The van der Waals surface area contributed by atoms with Gasteiger partial charge in [0.2, 0.25) is 0 Å². The largest absolute Gasteiger partial charge is 0.491 e. The molecule has 0 atom stereocenters. The molecule has 2 aromatic carbocycles. The van der Waals surface area contributed by atoms with Crippen LogP contribution in [0.2, 0.25) is 10.0 Å². The molecule has 5 aromatic rings. The predicted octanol–water partition coefficient (Wildman–Crippen LogP) is 7.01. The first-order valence-corrected chi connectivity index (χ1v) is 11.6. The van der Waals surface area contributed by atoms with E-state index in [4.69, 9.17) is 27.9 Å². The van der Waals surface area contributed by atoms with Crippen molar-refractivity contribution in [1.82, 2.24) is 24.7 Å². The monoisotopic (exact) mass is 544 g/mol. The molecule has 0 saturated heterocycles. The molecule has 0 fully saturated rings. The smallest absolute Gasteiger partial charge is 0.416 e. The number of ether oxygens (including phenoxy) is 1. The van der Waals surface area contributed by atoms with Crippen molar-refractivity contribution in [2.45, 2.75) is 12.7 Å². The van der Waals surface area contributed by atoms with Crippen LogP contribution in [0, 0.1) is 0 Å². The van der Waals surface area contributed by atoms with Crippen molar-refractivity contribution in [2.24, 2.45) is 0 Å². The maximum atomic E-state index is 13.2. The van der Waals surface area contributed by atoms with Crippen LogP contribution in [0.1, 0.15) is 11.1 Å². The van der Waals surface area contributed by atoms with Gasteiger partial charge in [0.15, 0.2) is 17.4 Å². The van der Waals surface area contributed by atoms with Gasteiger partial charge < -0.3 is 10.1 Å². The number of aromatic nitrogens is 5. The first kappa shape index (κ1) is 24.8. The summed E-state index contributed by atoms with van der Waals surface area (Å²) in [5.41, 5.74) is 1.31. The molecule has 7 nitrogen and oxygen atoms in total. The fourth-order valence-electron chi connectivity index (χ4n) is 3.78. The van der Waals surface area contributed by atoms with Crippen LogP contribution in [-0.4, -0.2) is 31.8 Å². The molecule has 3 aromatic heterocycles. The van der Waals surface area contributed by atoms with Gasteiger partial charge in [-0.1, -0.05) is 41.4 Å². The summed E-state index contributed by atoms with van der Waals surface area (Å²) in [6.07, 6.45) is 0.252. The quantitative estimate of drug-likeness (QED) is 0.247. The molecule has 5 rings (SSSR count). The van der Waals surface area contributed by atoms with E-state index < -0.39 is 11.7 Å². The van der Waals surface area contributed by atoms with Crippen molar-refractivity contribution in [2.75, 3.05) is 12.4 Å². The number of benzene rings is 2. The molecular formula is C25H17Cl2F3N6O. The minimum absolute atomic E-state index is 0.0363. The lowest BCUT2D eigenvalue weighted by atomic mass is 10.1. The highest BCUT2D eigenvalue weighted by atomic mass is 35.5. The molecule has 0 aliphatic heterocycles. The Kier molecular flexibility index (Phi) is 6.61. The Morgan fingerprint density at radius 1 is 1.03 bits per heavy atom. The normalized spacial score (nSPS) is 11.6. The Morgan fingerprint density at radius 3 is 2.41 bits per heavy atom. The molecule has 37 heavy (non-hydrogen) atoms. The van der Waals surface area contributed by atoms with Crippen LogP contribution in [0.4, 0.5) is 24.7 Å². The third kappa shape index (κ3) is 5.03. The number of rotatable bonds is 6. The lowest BCUT2D eigenvalue weighted by molar-refractivity contribution is -0.137. The molecule has 0 saturated carbocycles. The maximum Gasteiger partial charge on any atom is 0.416 e. The van der Waals surface area contributed by atoms with Gasteiger partial charge in [0.25, 0.3) is 0 Å². The molecule has 0 radical (unpaired) electrons. The molecule has 0 unspecified atom stereocenters. The van der Waals surface area contributed by atoms with Gasteiger partial charge in [-0.2, -0.15) is 18.3 Å². The third-order valence-electron chi connectivity index (χ3n) is 5.56. The van der Waals surface area contributed by atoms with E-state index >= 15 is 0 Å². The lowest BCUT2D eigenvalue weighted by Gasteiger charge is -2.13. The molecule has 188 valence electrons. The average molecular weight is 545 g/mol. The number of nitrogens with zero attached hydrogens (tertiary/aromatic N) is 5. The Balaban J connectivity index is 1.57. The van der Waals surface area contributed by atoms with E-state index in [-0.39, 0.29) is 16.6 Å². The van der Waals surface area contributed by atoms with Crippen molar-refractivity contribution < 1.29 is 17.9 Å². The molecule has 0 amide bonds. The minimum atomic E-state index is -4.56. The van der Waals surface area contributed by atoms with Gasteiger partial charge in [-0.15, -0.1) is 0 Å². The number of anilines is 2. The van der Waals surface area contributed by atoms with Gasteiger partial charge in [-0.3, -0.25) is 9.67 Å². The van der Waals surface area contributed by atoms with Gasteiger partial charge in [-0.25, -0.2) is 9.97 Å². The number of nitrogens with one attached hydrogen (secondary N) is 1. The lowest BCUT2D eigenvalue weighted by Crippen LogP contribution is -2.08. The number of para-hydroxylation sites is 1. The molecular weight excluding hydrogens is 528 g/mol. The third-order valence-corrected chi connectivity index (χ3v) is 6.24. The van der Waals surface area contributed by atoms with Crippen molar-refractivity contribution in [1.29, 1.82) is 0 Å². The first-order valence-electron chi connectivity index (χ1n) is 10.8. The zero-order chi connectivity index (χ0) is 26.2. The number of methoxy groups -OCH3 is 1. The molecule has 0 spiro atoms. The Morgan fingerprint density at radius 2 is 1.73 bits per heavy atom. The van der Waals surface area contributed by atoms with Crippen LogP contribution < -0.4 is 10.1 Å². The van der Waals surface area contributed by atoms with Gasteiger partial charge in [0, 0.05) is 39.1 Å². The summed E-state index contributed by atoms with van der Waals surface area (Å²) in [5, 5.41) is 8.39. The van der Waals surface area contributed by atoms with Crippen LogP contribution in [0.5, 0.6) is 5.75 Å². The minimum Gasteiger partial charge on any atom is -0.491 e. The second kappa shape index (κ2) is 9.87. The van der Waals surface area contributed by atoms with Crippen molar-refractivity contribution in [3.63, 3.8) is 0 Å². The fourth-order valence-corrected chi connectivity index (χ4v) is 4.38. The van der Waals surface area contributed by atoms with E-state index in [1.165, 1.54) is 13.3 Å². The zero-order valence-electron chi connectivity index (χ0n) is 19.1. The zero-order valence-corrected chi connectivity index (χ0v) is 20.6. The van der Waals surface area contributed by atoms with E-state index in [1.807, 2.05) is 24.3 Å². The molecule has 3 heterocycles. The van der Waals surface area contributed by atoms with E-state index in [9.17, 15) is 13.2 Å². The average Bonchev–Trinajstić information content (AvgIpc) is 3.24. The molecule has 0 aliphatic carbocycles. The SMILES string of the molecule is COc1cnc(-c2nn(Cc3c(Cl)cc(C(F)(F)F)cc3Cl)c3ccccc23)nc1Nc1ccncc1. The Hall–Kier alpha value is -3.89. The highest BCUT2D eigenvalue weighted by molar-refractivity contribution is 6.36. The molecule has 0 bridgehead atoms. The molecule has 1 N–H and O–H groups in total. The van der Waals surface area contributed by atoms with Gasteiger partial charge in [0.1, 0.15) is 5.69 Å². The number of pyridine rings is 1. The Labute approximate surface area is 218 Å².